The molecule has 4 heteroatoms. The van der Waals surface area contributed by atoms with Crippen molar-refractivity contribution in [3.8, 4) is 0 Å². The smallest absolute Gasteiger partial charge is 0.0973 e. The average molecular weight is 295 g/mol. The Balaban J connectivity index is 1.89. The van der Waals surface area contributed by atoms with Gasteiger partial charge in [0, 0.05) is 11.4 Å². The van der Waals surface area contributed by atoms with E-state index in [2.05, 4.69) is 32.3 Å². The topological polar surface area (TPSA) is 3.24 Å². The van der Waals surface area contributed by atoms with Crippen molar-refractivity contribution in [1.82, 2.24) is 4.90 Å². The highest BCUT2D eigenvalue weighted by Crippen LogP contribution is 2.26. The molecule has 0 aromatic carbocycles. The van der Waals surface area contributed by atoms with Gasteiger partial charge in [0.25, 0.3) is 0 Å². The molecule has 0 unspecified atom stereocenters. The van der Waals surface area contributed by atoms with Crippen LogP contribution in [0, 0.1) is 0 Å². The fourth-order valence-corrected chi connectivity index (χ4v) is 3.05. The number of rotatable bonds is 2. The highest BCUT2D eigenvalue weighted by atomic mass is 79.9. The van der Waals surface area contributed by atoms with Crippen LogP contribution in [0.1, 0.15) is 18.4 Å². The average Bonchev–Trinajstić information content (AvgIpc) is 2.56. The van der Waals surface area contributed by atoms with Crippen molar-refractivity contribution in [1.29, 1.82) is 0 Å². The van der Waals surface area contributed by atoms with Crippen LogP contribution in [0.4, 0.5) is 0 Å². The van der Waals surface area contributed by atoms with E-state index in [0.717, 1.165) is 15.7 Å². The number of piperidine rings is 1. The zero-order chi connectivity index (χ0) is 9.97. The molecule has 1 nitrogen and oxygen atoms in total. The van der Waals surface area contributed by atoms with Gasteiger partial charge in [0.2, 0.25) is 0 Å². The summed E-state index contributed by atoms with van der Waals surface area (Å²) in [6.45, 7) is 3.38. The zero-order valence-corrected chi connectivity index (χ0v) is 11.0. The molecule has 0 radical (unpaired) electrons. The highest BCUT2D eigenvalue weighted by molar-refractivity contribution is 9.09. The van der Waals surface area contributed by atoms with E-state index in [9.17, 15) is 0 Å². The quantitative estimate of drug-likeness (QED) is 0.751. The van der Waals surface area contributed by atoms with E-state index in [1.807, 2.05) is 0 Å². The van der Waals surface area contributed by atoms with Gasteiger partial charge in [-0.15, -0.1) is 11.3 Å². The maximum atomic E-state index is 6.07. The Hall–Kier alpha value is 0.430. The van der Waals surface area contributed by atoms with Gasteiger partial charge in [-0.25, -0.2) is 0 Å². The minimum Gasteiger partial charge on any atom is -0.299 e. The van der Waals surface area contributed by atoms with Crippen LogP contribution in [0.15, 0.2) is 11.4 Å². The predicted octanol–water partition coefficient (Wildman–Crippen LogP) is 3.76. The molecule has 2 heterocycles. The molecule has 1 saturated heterocycles. The Labute approximate surface area is 102 Å². The van der Waals surface area contributed by atoms with Gasteiger partial charge >= 0.3 is 0 Å². The predicted molar refractivity (Wildman–Crippen MR) is 66.6 cm³/mol. The first kappa shape index (κ1) is 10.9. The summed E-state index contributed by atoms with van der Waals surface area (Å²) in [6, 6.07) is 2.13. The lowest BCUT2D eigenvalue weighted by atomic mass is 10.1. The minimum atomic E-state index is 0.719. The number of halogens is 2. The molecule has 1 aromatic rings. The van der Waals surface area contributed by atoms with Crippen molar-refractivity contribution in [3.05, 3.63) is 21.3 Å². The van der Waals surface area contributed by atoms with Gasteiger partial charge in [-0.1, -0.05) is 27.5 Å². The van der Waals surface area contributed by atoms with Gasteiger partial charge in [0.15, 0.2) is 0 Å². The molecular formula is C10H13BrClNS. The van der Waals surface area contributed by atoms with Crippen LogP contribution < -0.4 is 0 Å². The van der Waals surface area contributed by atoms with Crippen molar-refractivity contribution in [2.45, 2.75) is 24.2 Å². The lowest BCUT2D eigenvalue weighted by molar-refractivity contribution is 0.226. The van der Waals surface area contributed by atoms with Crippen molar-refractivity contribution >= 4 is 38.9 Å². The molecule has 14 heavy (non-hydrogen) atoms. The van der Waals surface area contributed by atoms with Gasteiger partial charge < -0.3 is 0 Å². The third kappa shape index (κ3) is 2.72. The lowest BCUT2D eigenvalue weighted by Crippen LogP contribution is -2.33. The zero-order valence-electron chi connectivity index (χ0n) is 7.88. The first-order valence-corrected chi connectivity index (χ1v) is 7.01. The molecule has 0 N–H and O–H groups in total. The summed E-state index contributed by atoms with van der Waals surface area (Å²) in [5, 5.41) is 2.06. The van der Waals surface area contributed by atoms with Gasteiger partial charge in [-0.2, -0.15) is 0 Å². The van der Waals surface area contributed by atoms with Crippen LogP contribution in [0.25, 0.3) is 0 Å². The fourth-order valence-electron chi connectivity index (χ4n) is 1.73. The summed E-state index contributed by atoms with van der Waals surface area (Å²) < 4.78 is 0.950. The second-order valence-electron chi connectivity index (χ2n) is 3.67. The van der Waals surface area contributed by atoms with Gasteiger partial charge in [0.1, 0.15) is 0 Å². The molecule has 0 bridgehead atoms. The summed E-state index contributed by atoms with van der Waals surface area (Å²) in [6.07, 6.45) is 2.50. The SMILES string of the molecule is Clc1sccc1CN1CCC(Br)CC1. The van der Waals surface area contributed by atoms with Crippen LogP contribution in [0.5, 0.6) is 0 Å². The Kier molecular flexibility index (Phi) is 3.88. The van der Waals surface area contributed by atoms with Crippen LogP contribution in [-0.4, -0.2) is 22.8 Å². The lowest BCUT2D eigenvalue weighted by Gasteiger charge is -2.29. The molecule has 0 aliphatic carbocycles. The van der Waals surface area contributed by atoms with Crippen molar-refractivity contribution < 1.29 is 0 Å². The van der Waals surface area contributed by atoms with Gasteiger partial charge in [-0.3, -0.25) is 4.90 Å². The van der Waals surface area contributed by atoms with E-state index in [1.54, 1.807) is 11.3 Å². The Bertz CT molecular complexity index is 294. The van der Waals surface area contributed by atoms with Crippen molar-refractivity contribution in [2.24, 2.45) is 0 Å². The molecule has 0 atom stereocenters. The largest absolute Gasteiger partial charge is 0.299 e. The maximum absolute atomic E-state index is 6.07. The standard InChI is InChI=1S/C10H13BrClNS/c11-9-1-4-13(5-2-9)7-8-3-6-14-10(8)12/h3,6,9H,1-2,4-5,7H2. The number of nitrogens with zero attached hydrogens (tertiary/aromatic N) is 1. The third-order valence-electron chi connectivity index (χ3n) is 2.60. The minimum absolute atomic E-state index is 0.719. The molecule has 1 aromatic heterocycles. The van der Waals surface area contributed by atoms with E-state index < -0.39 is 0 Å². The van der Waals surface area contributed by atoms with Crippen LogP contribution in [0.3, 0.4) is 0 Å². The first-order valence-electron chi connectivity index (χ1n) is 4.84. The Morgan fingerprint density at radius 2 is 2.21 bits per heavy atom. The number of thiophene rings is 1. The molecule has 2 rings (SSSR count). The molecule has 78 valence electrons. The molecule has 1 aliphatic rings. The molecule has 0 spiro atoms. The fraction of sp³-hybridized carbons (Fsp3) is 0.600. The summed E-state index contributed by atoms with van der Waals surface area (Å²) in [5.74, 6) is 0. The van der Waals surface area contributed by atoms with Crippen LogP contribution in [0.2, 0.25) is 4.34 Å². The summed E-state index contributed by atoms with van der Waals surface area (Å²) in [7, 11) is 0. The number of hydrogen-bond acceptors (Lipinski definition) is 2. The molecule has 0 saturated carbocycles. The van der Waals surface area contributed by atoms with E-state index in [4.69, 9.17) is 11.6 Å². The highest BCUT2D eigenvalue weighted by Gasteiger charge is 2.17. The third-order valence-corrected chi connectivity index (χ3v) is 4.77. The summed E-state index contributed by atoms with van der Waals surface area (Å²) in [5.41, 5.74) is 1.28. The molecular weight excluding hydrogens is 282 g/mol. The molecule has 1 aliphatic heterocycles. The van der Waals surface area contributed by atoms with Crippen molar-refractivity contribution in [3.63, 3.8) is 0 Å². The van der Waals surface area contributed by atoms with Gasteiger partial charge in [0.05, 0.1) is 4.34 Å². The molecule has 0 amide bonds. The monoisotopic (exact) mass is 293 g/mol. The van der Waals surface area contributed by atoms with E-state index >= 15 is 0 Å². The Morgan fingerprint density at radius 1 is 1.50 bits per heavy atom. The number of likely N-dealkylation sites (tertiary alicyclic amines) is 1. The second-order valence-corrected chi connectivity index (χ2v) is 6.48. The summed E-state index contributed by atoms with van der Waals surface area (Å²) >= 11 is 11.4. The summed E-state index contributed by atoms with van der Waals surface area (Å²) in [4.78, 5) is 3.20. The second kappa shape index (κ2) is 4.97. The van der Waals surface area contributed by atoms with Crippen LogP contribution in [-0.2, 0) is 6.54 Å². The maximum Gasteiger partial charge on any atom is 0.0973 e. The Morgan fingerprint density at radius 3 is 2.79 bits per heavy atom. The van der Waals surface area contributed by atoms with Crippen molar-refractivity contribution in [2.75, 3.05) is 13.1 Å². The number of hydrogen-bond donors (Lipinski definition) is 0. The molecule has 1 fully saturated rings. The van der Waals surface area contributed by atoms with E-state index in [-0.39, 0.29) is 0 Å². The normalized spacial score (nSPS) is 20.1. The van der Waals surface area contributed by atoms with Gasteiger partial charge in [-0.05, 0) is 42.9 Å². The van der Waals surface area contributed by atoms with Crippen LogP contribution >= 0.6 is 38.9 Å². The first-order chi connectivity index (χ1) is 6.75. The van der Waals surface area contributed by atoms with E-state index in [0.29, 0.717) is 0 Å². The number of alkyl halides is 1. The van der Waals surface area contributed by atoms with E-state index in [1.165, 1.54) is 31.5 Å².